The number of rotatable bonds is 6. The van der Waals surface area contributed by atoms with Crippen LogP contribution in [0.1, 0.15) is 5.56 Å². The van der Waals surface area contributed by atoms with Gasteiger partial charge in [0.25, 0.3) is 0 Å². The Morgan fingerprint density at radius 1 is 1.48 bits per heavy atom. The van der Waals surface area contributed by atoms with E-state index < -0.39 is 23.8 Å². The number of benzene rings is 1. The molecule has 0 aliphatic carbocycles. The fourth-order valence-corrected chi connectivity index (χ4v) is 1.63. The van der Waals surface area contributed by atoms with Crippen LogP contribution in [0, 0.1) is 0 Å². The molecule has 0 saturated heterocycles. The van der Waals surface area contributed by atoms with E-state index in [0.717, 1.165) is 12.1 Å². The van der Waals surface area contributed by atoms with E-state index in [4.69, 9.17) is 4.74 Å². The molecule has 1 N–H and O–H groups in total. The fourth-order valence-electron chi connectivity index (χ4n) is 1.63. The summed E-state index contributed by atoms with van der Waals surface area (Å²) in [6.45, 7) is 2.86. The molecule has 7 heteroatoms. The van der Waals surface area contributed by atoms with Gasteiger partial charge in [-0.2, -0.15) is 13.2 Å². The quantitative estimate of drug-likeness (QED) is 0.819. The maximum atomic E-state index is 12.7. The molecule has 1 aromatic carbocycles. The van der Waals surface area contributed by atoms with Crippen LogP contribution in [0.3, 0.4) is 0 Å². The van der Waals surface area contributed by atoms with E-state index in [-0.39, 0.29) is 18.9 Å². The van der Waals surface area contributed by atoms with Crippen LogP contribution in [0.25, 0.3) is 0 Å². The Bertz CT molecular complexity index is 502. The number of carbonyl (C=O) groups excluding carboxylic acids is 1. The third kappa shape index (κ3) is 5.11. The highest BCUT2D eigenvalue weighted by Gasteiger charge is 2.34. The van der Waals surface area contributed by atoms with Crippen molar-refractivity contribution in [3.8, 4) is 5.75 Å². The van der Waals surface area contributed by atoms with Crippen LogP contribution in [0.15, 0.2) is 36.9 Å². The van der Waals surface area contributed by atoms with Crippen molar-refractivity contribution in [3.63, 3.8) is 0 Å². The van der Waals surface area contributed by atoms with Crippen molar-refractivity contribution >= 4 is 5.91 Å². The molecule has 1 aromatic rings. The summed E-state index contributed by atoms with van der Waals surface area (Å²) in [5.41, 5.74) is -0.910. The minimum atomic E-state index is -4.53. The molecule has 0 fully saturated rings. The summed E-state index contributed by atoms with van der Waals surface area (Å²) >= 11 is 0. The molecular formula is C14H16F3NO3. The first-order valence-corrected chi connectivity index (χ1v) is 6.10. The van der Waals surface area contributed by atoms with Gasteiger partial charge in [0.2, 0.25) is 5.91 Å². The molecule has 0 aliphatic rings. The first-order valence-electron chi connectivity index (χ1n) is 6.10. The number of nitrogens with zero attached hydrogens (tertiary/aromatic N) is 1. The SMILES string of the molecule is C=CC(=O)N(C)C[C@H](O)COc1ccccc1C(F)(F)F. The molecule has 0 unspecified atom stereocenters. The molecule has 0 aliphatic heterocycles. The maximum absolute atomic E-state index is 12.7. The first-order chi connectivity index (χ1) is 9.75. The molecule has 1 amide bonds. The van der Waals surface area contributed by atoms with Gasteiger partial charge in [0.1, 0.15) is 18.5 Å². The Morgan fingerprint density at radius 3 is 2.67 bits per heavy atom. The smallest absolute Gasteiger partial charge is 0.419 e. The third-order valence-corrected chi connectivity index (χ3v) is 2.66. The molecule has 0 spiro atoms. The lowest BCUT2D eigenvalue weighted by Gasteiger charge is -2.20. The van der Waals surface area contributed by atoms with Gasteiger partial charge in [0.15, 0.2) is 0 Å². The Morgan fingerprint density at radius 2 is 2.10 bits per heavy atom. The molecular weight excluding hydrogens is 287 g/mol. The lowest BCUT2D eigenvalue weighted by molar-refractivity contribution is -0.139. The lowest BCUT2D eigenvalue weighted by Crippen LogP contribution is -2.36. The van der Waals surface area contributed by atoms with Gasteiger partial charge in [-0.05, 0) is 18.2 Å². The van der Waals surface area contributed by atoms with Crippen molar-refractivity contribution in [2.75, 3.05) is 20.2 Å². The van der Waals surface area contributed by atoms with Gasteiger partial charge < -0.3 is 14.7 Å². The van der Waals surface area contributed by atoms with Crippen molar-refractivity contribution in [1.29, 1.82) is 0 Å². The summed E-state index contributed by atoms with van der Waals surface area (Å²) in [5.74, 6) is -0.758. The van der Waals surface area contributed by atoms with E-state index in [9.17, 15) is 23.1 Å². The molecule has 0 radical (unpaired) electrons. The van der Waals surface area contributed by atoms with E-state index >= 15 is 0 Å². The van der Waals surface area contributed by atoms with Crippen molar-refractivity contribution in [3.05, 3.63) is 42.5 Å². The Labute approximate surface area is 120 Å². The number of aliphatic hydroxyl groups excluding tert-OH is 1. The highest BCUT2D eigenvalue weighted by atomic mass is 19.4. The van der Waals surface area contributed by atoms with Gasteiger partial charge in [-0.15, -0.1) is 0 Å². The Hall–Kier alpha value is -2.02. The predicted molar refractivity (Wildman–Crippen MR) is 70.8 cm³/mol. The number of hydrogen-bond acceptors (Lipinski definition) is 3. The van der Waals surface area contributed by atoms with E-state index in [1.54, 1.807) is 0 Å². The van der Waals surface area contributed by atoms with Crippen LogP contribution in [-0.4, -0.2) is 42.2 Å². The maximum Gasteiger partial charge on any atom is 0.419 e. The predicted octanol–water partition coefficient (Wildman–Crippen LogP) is 2.09. The average Bonchev–Trinajstić information content (AvgIpc) is 2.43. The average molecular weight is 303 g/mol. The zero-order valence-electron chi connectivity index (χ0n) is 11.4. The zero-order valence-corrected chi connectivity index (χ0v) is 11.4. The number of alkyl halides is 3. The number of halogens is 3. The molecule has 4 nitrogen and oxygen atoms in total. The topological polar surface area (TPSA) is 49.8 Å². The molecule has 0 saturated carbocycles. The highest BCUT2D eigenvalue weighted by Crippen LogP contribution is 2.35. The summed E-state index contributed by atoms with van der Waals surface area (Å²) in [6, 6.07) is 4.73. The Kier molecular flexibility index (Phi) is 5.78. The van der Waals surface area contributed by atoms with Gasteiger partial charge >= 0.3 is 6.18 Å². The van der Waals surface area contributed by atoms with Crippen LogP contribution in [0.2, 0.25) is 0 Å². The molecule has 0 heterocycles. The van der Waals surface area contributed by atoms with Gasteiger partial charge in [-0.3, -0.25) is 4.79 Å². The molecule has 0 bridgehead atoms. The summed E-state index contributed by atoms with van der Waals surface area (Å²) in [4.78, 5) is 12.4. The second-order valence-corrected chi connectivity index (χ2v) is 4.38. The van der Waals surface area contributed by atoms with Gasteiger partial charge in [0.05, 0.1) is 5.56 Å². The number of amides is 1. The molecule has 1 rings (SSSR count). The minimum absolute atomic E-state index is 0.0704. The number of ether oxygens (including phenoxy) is 1. The fraction of sp³-hybridized carbons (Fsp3) is 0.357. The van der Waals surface area contributed by atoms with Crippen LogP contribution in [0.4, 0.5) is 13.2 Å². The summed E-state index contributed by atoms with van der Waals surface area (Å²) in [5, 5.41) is 9.68. The van der Waals surface area contributed by atoms with E-state index in [1.165, 1.54) is 30.1 Å². The van der Waals surface area contributed by atoms with Crippen LogP contribution in [-0.2, 0) is 11.0 Å². The van der Waals surface area contributed by atoms with Crippen molar-refractivity contribution < 1.29 is 27.8 Å². The summed E-state index contributed by atoms with van der Waals surface area (Å²) in [6.07, 6.45) is -4.57. The normalized spacial score (nSPS) is 12.6. The van der Waals surface area contributed by atoms with E-state index in [1.807, 2.05) is 0 Å². The van der Waals surface area contributed by atoms with Crippen LogP contribution < -0.4 is 4.74 Å². The second-order valence-electron chi connectivity index (χ2n) is 4.38. The number of aliphatic hydroxyl groups is 1. The molecule has 116 valence electrons. The van der Waals surface area contributed by atoms with Gasteiger partial charge in [-0.25, -0.2) is 0 Å². The van der Waals surface area contributed by atoms with E-state index in [2.05, 4.69) is 6.58 Å². The number of carbonyl (C=O) groups is 1. The summed E-state index contributed by atoms with van der Waals surface area (Å²) in [7, 11) is 1.44. The number of hydrogen-bond donors (Lipinski definition) is 1. The highest BCUT2D eigenvalue weighted by molar-refractivity contribution is 5.86. The molecule has 0 aromatic heterocycles. The number of likely N-dealkylation sites (N-methyl/N-ethyl adjacent to an activating group) is 1. The third-order valence-electron chi connectivity index (χ3n) is 2.66. The molecule has 21 heavy (non-hydrogen) atoms. The standard InChI is InChI=1S/C14H16F3NO3/c1-3-13(20)18(2)8-10(19)9-21-12-7-5-4-6-11(12)14(15,16)17/h3-7,10,19H,1,8-9H2,2H3/t10-/m0/s1. The van der Waals surface area contributed by atoms with Gasteiger partial charge in [-0.1, -0.05) is 18.7 Å². The zero-order chi connectivity index (χ0) is 16.0. The molecule has 1 atom stereocenters. The van der Waals surface area contributed by atoms with Crippen molar-refractivity contribution in [1.82, 2.24) is 4.90 Å². The Balaban J connectivity index is 2.64. The van der Waals surface area contributed by atoms with Crippen molar-refractivity contribution in [2.24, 2.45) is 0 Å². The monoisotopic (exact) mass is 303 g/mol. The van der Waals surface area contributed by atoms with Crippen molar-refractivity contribution in [2.45, 2.75) is 12.3 Å². The van der Waals surface area contributed by atoms with Crippen LogP contribution >= 0.6 is 0 Å². The lowest BCUT2D eigenvalue weighted by atomic mass is 10.2. The largest absolute Gasteiger partial charge is 0.490 e. The van der Waals surface area contributed by atoms with Gasteiger partial charge in [0, 0.05) is 13.6 Å². The minimum Gasteiger partial charge on any atom is -0.490 e. The first kappa shape index (κ1) is 17.0. The van der Waals surface area contributed by atoms with E-state index in [0.29, 0.717) is 0 Å². The van der Waals surface area contributed by atoms with Crippen LogP contribution in [0.5, 0.6) is 5.75 Å². The second kappa shape index (κ2) is 7.12. The summed E-state index contributed by atoms with van der Waals surface area (Å²) < 4.78 is 43.2. The number of para-hydroxylation sites is 1.